The van der Waals surface area contributed by atoms with Gasteiger partial charge in [0, 0.05) is 12.6 Å². The van der Waals surface area contributed by atoms with E-state index >= 15 is 0 Å². The number of ether oxygens (including phenoxy) is 1. The van der Waals surface area contributed by atoms with Crippen LogP contribution >= 0.6 is 11.3 Å². The molecule has 1 amide bonds. The van der Waals surface area contributed by atoms with Crippen LogP contribution in [0.15, 0.2) is 18.3 Å². The van der Waals surface area contributed by atoms with E-state index in [1.807, 2.05) is 13.8 Å². The fraction of sp³-hybridized carbons (Fsp3) is 0.333. The molecule has 0 unspecified atom stereocenters. The molecule has 2 aromatic rings. The Balaban J connectivity index is 1.99. The molecular weight excluding hydrogens is 278 g/mol. The number of hydrogen-bond acceptors (Lipinski definition) is 7. The number of anilines is 2. The highest BCUT2D eigenvalue weighted by Crippen LogP contribution is 2.17. The molecular formula is C12H15N5O2S. The highest BCUT2D eigenvalue weighted by atomic mass is 32.1. The number of carbonyl (C=O) groups is 1. The molecule has 0 aromatic carbocycles. The standard InChI is InChI=1S/C12H15N5O2S/c1-3-13-12-17-16-11(20-12)10(18)15-8-5-6-9(14-7-8)19-4-2/h5-7H,3-4H2,1-2H3,(H,13,17)(H,15,18). The molecule has 0 saturated heterocycles. The lowest BCUT2D eigenvalue weighted by atomic mass is 10.4. The van der Waals surface area contributed by atoms with Crippen molar-refractivity contribution in [2.45, 2.75) is 13.8 Å². The van der Waals surface area contributed by atoms with E-state index in [9.17, 15) is 4.79 Å². The van der Waals surface area contributed by atoms with Crippen LogP contribution in [-0.4, -0.2) is 34.2 Å². The van der Waals surface area contributed by atoms with E-state index in [-0.39, 0.29) is 5.91 Å². The van der Waals surface area contributed by atoms with E-state index in [0.717, 1.165) is 6.54 Å². The molecule has 2 rings (SSSR count). The number of rotatable bonds is 6. The van der Waals surface area contributed by atoms with Crippen LogP contribution in [0.4, 0.5) is 10.8 Å². The minimum atomic E-state index is -0.308. The molecule has 2 heterocycles. The molecule has 106 valence electrons. The maximum Gasteiger partial charge on any atom is 0.286 e. The molecule has 0 aliphatic rings. The van der Waals surface area contributed by atoms with E-state index in [1.165, 1.54) is 17.5 Å². The third kappa shape index (κ3) is 3.64. The van der Waals surface area contributed by atoms with Crippen molar-refractivity contribution >= 4 is 28.1 Å². The number of carbonyl (C=O) groups excluding carboxylic acids is 1. The number of aromatic nitrogens is 3. The van der Waals surface area contributed by atoms with Crippen LogP contribution in [0, 0.1) is 0 Å². The first-order chi connectivity index (χ1) is 9.72. The van der Waals surface area contributed by atoms with E-state index in [4.69, 9.17) is 4.74 Å². The Morgan fingerprint density at radius 3 is 2.85 bits per heavy atom. The van der Waals surface area contributed by atoms with Crippen molar-refractivity contribution in [2.75, 3.05) is 23.8 Å². The van der Waals surface area contributed by atoms with Gasteiger partial charge >= 0.3 is 0 Å². The molecule has 0 aliphatic carbocycles. The van der Waals surface area contributed by atoms with Crippen molar-refractivity contribution in [1.82, 2.24) is 15.2 Å². The average molecular weight is 293 g/mol. The monoisotopic (exact) mass is 293 g/mol. The second kappa shape index (κ2) is 6.80. The first kappa shape index (κ1) is 14.2. The Labute approximate surface area is 120 Å². The van der Waals surface area contributed by atoms with Gasteiger partial charge in [0.25, 0.3) is 5.91 Å². The van der Waals surface area contributed by atoms with Crippen LogP contribution in [0.25, 0.3) is 0 Å². The van der Waals surface area contributed by atoms with Crippen LogP contribution in [0.2, 0.25) is 0 Å². The van der Waals surface area contributed by atoms with Crippen molar-refractivity contribution in [3.63, 3.8) is 0 Å². The van der Waals surface area contributed by atoms with E-state index in [1.54, 1.807) is 12.1 Å². The molecule has 0 fully saturated rings. The van der Waals surface area contributed by atoms with Gasteiger partial charge in [0.2, 0.25) is 16.0 Å². The first-order valence-corrected chi connectivity index (χ1v) is 7.02. The Morgan fingerprint density at radius 1 is 1.35 bits per heavy atom. The minimum Gasteiger partial charge on any atom is -0.478 e. The zero-order valence-electron chi connectivity index (χ0n) is 11.2. The Morgan fingerprint density at radius 2 is 2.20 bits per heavy atom. The topological polar surface area (TPSA) is 89.0 Å². The van der Waals surface area contributed by atoms with Crippen LogP contribution in [0.5, 0.6) is 5.88 Å². The SMILES string of the molecule is CCNc1nnc(C(=O)Nc2ccc(OCC)nc2)s1. The molecule has 2 aromatic heterocycles. The highest BCUT2D eigenvalue weighted by Gasteiger charge is 2.12. The summed E-state index contributed by atoms with van der Waals surface area (Å²) in [7, 11) is 0. The van der Waals surface area contributed by atoms with Gasteiger partial charge < -0.3 is 15.4 Å². The van der Waals surface area contributed by atoms with Gasteiger partial charge in [-0.25, -0.2) is 4.98 Å². The van der Waals surface area contributed by atoms with Gasteiger partial charge in [0.15, 0.2) is 0 Å². The number of nitrogens with zero attached hydrogens (tertiary/aromatic N) is 3. The molecule has 0 spiro atoms. The molecule has 8 heteroatoms. The summed E-state index contributed by atoms with van der Waals surface area (Å²) < 4.78 is 5.23. The number of pyridine rings is 1. The summed E-state index contributed by atoms with van der Waals surface area (Å²) in [6.07, 6.45) is 1.54. The quantitative estimate of drug-likeness (QED) is 0.847. The zero-order valence-corrected chi connectivity index (χ0v) is 12.0. The van der Waals surface area contributed by atoms with E-state index in [2.05, 4.69) is 25.8 Å². The first-order valence-electron chi connectivity index (χ1n) is 6.20. The summed E-state index contributed by atoms with van der Waals surface area (Å²) >= 11 is 1.21. The molecule has 0 bridgehead atoms. The Bertz CT molecular complexity index is 569. The van der Waals surface area contributed by atoms with E-state index in [0.29, 0.717) is 28.3 Å². The van der Waals surface area contributed by atoms with Crippen LogP contribution in [0.1, 0.15) is 23.6 Å². The Hall–Kier alpha value is -2.22. The fourth-order valence-electron chi connectivity index (χ4n) is 1.41. The lowest BCUT2D eigenvalue weighted by Crippen LogP contribution is -2.11. The van der Waals surface area contributed by atoms with Crippen LogP contribution < -0.4 is 15.4 Å². The highest BCUT2D eigenvalue weighted by molar-refractivity contribution is 7.17. The number of nitrogens with one attached hydrogen (secondary N) is 2. The predicted molar refractivity (Wildman–Crippen MR) is 77.4 cm³/mol. The summed E-state index contributed by atoms with van der Waals surface area (Å²) in [5, 5.41) is 14.3. The zero-order chi connectivity index (χ0) is 14.4. The van der Waals surface area contributed by atoms with Gasteiger partial charge in [0.1, 0.15) is 0 Å². The Kier molecular flexibility index (Phi) is 4.83. The maximum absolute atomic E-state index is 12.0. The van der Waals surface area contributed by atoms with E-state index < -0.39 is 0 Å². The van der Waals surface area contributed by atoms with Crippen molar-refractivity contribution < 1.29 is 9.53 Å². The lowest BCUT2D eigenvalue weighted by Gasteiger charge is -2.04. The normalized spacial score (nSPS) is 10.1. The summed E-state index contributed by atoms with van der Waals surface area (Å²) in [6, 6.07) is 3.42. The average Bonchev–Trinajstić information content (AvgIpc) is 2.90. The lowest BCUT2D eigenvalue weighted by molar-refractivity contribution is 0.102. The van der Waals surface area contributed by atoms with Gasteiger partial charge in [0.05, 0.1) is 18.5 Å². The largest absolute Gasteiger partial charge is 0.478 e. The van der Waals surface area contributed by atoms with Crippen molar-refractivity contribution in [3.8, 4) is 5.88 Å². The number of amides is 1. The van der Waals surface area contributed by atoms with Crippen LogP contribution in [0.3, 0.4) is 0 Å². The van der Waals surface area contributed by atoms with Crippen molar-refractivity contribution in [1.29, 1.82) is 0 Å². The van der Waals surface area contributed by atoms with Crippen molar-refractivity contribution in [2.24, 2.45) is 0 Å². The second-order valence-corrected chi connectivity index (χ2v) is 4.69. The minimum absolute atomic E-state index is 0.301. The summed E-state index contributed by atoms with van der Waals surface area (Å²) in [4.78, 5) is 16.0. The van der Waals surface area contributed by atoms with Gasteiger partial charge in [-0.1, -0.05) is 11.3 Å². The fourth-order valence-corrected chi connectivity index (χ4v) is 2.12. The molecule has 0 atom stereocenters. The summed E-state index contributed by atoms with van der Waals surface area (Å²) in [6.45, 7) is 5.12. The maximum atomic E-state index is 12.0. The third-order valence-corrected chi connectivity index (χ3v) is 3.11. The third-order valence-electron chi connectivity index (χ3n) is 2.23. The molecule has 2 N–H and O–H groups in total. The van der Waals surface area contributed by atoms with Gasteiger partial charge in [-0.05, 0) is 19.9 Å². The number of hydrogen-bond donors (Lipinski definition) is 2. The molecule has 20 heavy (non-hydrogen) atoms. The molecule has 0 aliphatic heterocycles. The smallest absolute Gasteiger partial charge is 0.286 e. The van der Waals surface area contributed by atoms with Gasteiger partial charge in [-0.2, -0.15) is 0 Å². The van der Waals surface area contributed by atoms with Gasteiger partial charge in [-0.15, -0.1) is 10.2 Å². The molecule has 0 radical (unpaired) electrons. The molecule has 0 saturated carbocycles. The summed E-state index contributed by atoms with van der Waals surface area (Å²) in [5.41, 5.74) is 0.582. The van der Waals surface area contributed by atoms with Crippen LogP contribution in [-0.2, 0) is 0 Å². The second-order valence-electron chi connectivity index (χ2n) is 3.71. The molecule has 7 nitrogen and oxygen atoms in total. The predicted octanol–water partition coefficient (Wildman–Crippen LogP) is 2.02. The van der Waals surface area contributed by atoms with Crippen molar-refractivity contribution in [3.05, 3.63) is 23.3 Å². The van der Waals surface area contributed by atoms with Gasteiger partial charge in [-0.3, -0.25) is 4.79 Å². The summed E-state index contributed by atoms with van der Waals surface area (Å²) in [5.74, 6) is 0.216.